The van der Waals surface area contributed by atoms with Gasteiger partial charge in [-0.3, -0.25) is 14.4 Å². The van der Waals surface area contributed by atoms with Gasteiger partial charge in [0.2, 0.25) is 5.91 Å². The Bertz CT molecular complexity index is 717. The smallest absolute Gasteiger partial charge is 0.262 e. The number of amides is 3. The summed E-state index contributed by atoms with van der Waals surface area (Å²) in [4.78, 5) is 40.2. The first-order chi connectivity index (χ1) is 12.4. The number of hydrogen-bond acceptors (Lipinski definition) is 4. The summed E-state index contributed by atoms with van der Waals surface area (Å²) >= 11 is 0. The van der Waals surface area contributed by atoms with Crippen LogP contribution < -0.4 is 10.1 Å². The second-order valence-corrected chi connectivity index (χ2v) is 7.17. The number of rotatable bonds is 3. The van der Waals surface area contributed by atoms with E-state index < -0.39 is 0 Å². The third-order valence-corrected chi connectivity index (χ3v) is 4.58. The molecule has 2 aliphatic heterocycles. The van der Waals surface area contributed by atoms with Crippen LogP contribution in [0.15, 0.2) is 18.2 Å². The molecule has 0 radical (unpaired) electrons. The highest BCUT2D eigenvalue weighted by Gasteiger charge is 2.24. The van der Waals surface area contributed by atoms with Crippen LogP contribution in [0.5, 0.6) is 5.75 Å². The summed E-state index contributed by atoms with van der Waals surface area (Å²) in [5, 5.41) is 2.72. The summed E-state index contributed by atoms with van der Waals surface area (Å²) in [6.45, 7) is 6.43. The van der Waals surface area contributed by atoms with Gasteiger partial charge in [0.05, 0.1) is 5.69 Å². The first-order valence-corrected chi connectivity index (χ1v) is 9.08. The van der Waals surface area contributed by atoms with Gasteiger partial charge in [0, 0.05) is 38.2 Å². The van der Waals surface area contributed by atoms with E-state index in [9.17, 15) is 14.4 Å². The molecule has 3 amide bonds. The van der Waals surface area contributed by atoms with Crippen molar-refractivity contribution in [3.63, 3.8) is 0 Å². The van der Waals surface area contributed by atoms with E-state index in [1.165, 1.54) is 0 Å². The molecule has 0 spiro atoms. The van der Waals surface area contributed by atoms with E-state index in [1.807, 2.05) is 18.7 Å². The van der Waals surface area contributed by atoms with Crippen LogP contribution in [0.3, 0.4) is 0 Å². The van der Waals surface area contributed by atoms with Crippen molar-refractivity contribution in [3.8, 4) is 5.75 Å². The van der Waals surface area contributed by atoms with E-state index in [1.54, 1.807) is 23.1 Å². The van der Waals surface area contributed by atoms with Gasteiger partial charge in [-0.1, -0.05) is 13.8 Å². The fraction of sp³-hybridized carbons (Fsp3) is 0.526. The van der Waals surface area contributed by atoms with Crippen molar-refractivity contribution in [1.82, 2.24) is 9.80 Å². The predicted molar refractivity (Wildman–Crippen MR) is 97.1 cm³/mol. The van der Waals surface area contributed by atoms with Gasteiger partial charge < -0.3 is 19.9 Å². The molecule has 2 aliphatic rings. The Labute approximate surface area is 153 Å². The SMILES string of the molecule is CC(C)CC(=O)N1CCCN(C(=O)c2ccc3c(c2)NC(=O)CO3)CC1. The van der Waals surface area contributed by atoms with Crippen LogP contribution in [0.2, 0.25) is 0 Å². The first kappa shape index (κ1) is 18.2. The van der Waals surface area contributed by atoms with Crippen LogP contribution in [0.4, 0.5) is 5.69 Å². The van der Waals surface area contributed by atoms with Crippen LogP contribution in [0.1, 0.15) is 37.0 Å². The molecule has 1 saturated heterocycles. The van der Waals surface area contributed by atoms with Crippen molar-refractivity contribution in [2.24, 2.45) is 5.92 Å². The Morgan fingerprint density at radius 2 is 1.88 bits per heavy atom. The largest absolute Gasteiger partial charge is 0.482 e. The molecule has 1 aromatic rings. The highest BCUT2D eigenvalue weighted by molar-refractivity contribution is 5.99. The molecule has 0 bridgehead atoms. The molecule has 26 heavy (non-hydrogen) atoms. The molecule has 140 valence electrons. The normalized spacial score (nSPS) is 17.3. The fourth-order valence-corrected chi connectivity index (χ4v) is 3.25. The Hall–Kier alpha value is -2.57. The average molecular weight is 359 g/mol. The molecule has 1 N–H and O–H groups in total. The Morgan fingerprint density at radius 1 is 1.15 bits per heavy atom. The maximum atomic E-state index is 12.8. The number of fused-ring (bicyclic) bond motifs is 1. The maximum absolute atomic E-state index is 12.8. The van der Waals surface area contributed by atoms with Gasteiger partial charge in [-0.2, -0.15) is 0 Å². The zero-order valence-corrected chi connectivity index (χ0v) is 15.3. The highest BCUT2D eigenvalue weighted by Crippen LogP contribution is 2.29. The minimum absolute atomic E-state index is 0.00728. The number of nitrogens with zero attached hydrogens (tertiary/aromatic N) is 2. The summed E-state index contributed by atoms with van der Waals surface area (Å²) in [5.41, 5.74) is 1.03. The number of benzene rings is 1. The first-order valence-electron chi connectivity index (χ1n) is 9.08. The summed E-state index contributed by atoms with van der Waals surface area (Å²) in [7, 11) is 0. The van der Waals surface area contributed by atoms with E-state index >= 15 is 0 Å². The zero-order chi connectivity index (χ0) is 18.7. The standard InChI is InChI=1S/C19H25N3O4/c1-13(2)10-18(24)21-6-3-7-22(9-8-21)19(25)14-4-5-16-15(11-14)20-17(23)12-26-16/h4-5,11,13H,3,6-10,12H2,1-2H3,(H,20,23). The monoisotopic (exact) mass is 359 g/mol. The topological polar surface area (TPSA) is 79.0 Å². The highest BCUT2D eigenvalue weighted by atomic mass is 16.5. The van der Waals surface area contributed by atoms with Gasteiger partial charge >= 0.3 is 0 Å². The maximum Gasteiger partial charge on any atom is 0.262 e. The molecular weight excluding hydrogens is 334 g/mol. The van der Waals surface area contributed by atoms with Gasteiger partial charge in [0.1, 0.15) is 5.75 Å². The van der Waals surface area contributed by atoms with Crippen molar-refractivity contribution in [3.05, 3.63) is 23.8 Å². The van der Waals surface area contributed by atoms with Gasteiger partial charge in [-0.05, 0) is 30.5 Å². The van der Waals surface area contributed by atoms with E-state index in [4.69, 9.17) is 4.74 Å². The van der Waals surface area contributed by atoms with Crippen LogP contribution >= 0.6 is 0 Å². The second kappa shape index (κ2) is 7.76. The molecule has 7 heteroatoms. The molecule has 0 atom stereocenters. The van der Waals surface area contributed by atoms with E-state index in [2.05, 4.69) is 5.32 Å². The van der Waals surface area contributed by atoms with Crippen molar-refractivity contribution in [2.45, 2.75) is 26.7 Å². The predicted octanol–water partition coefficient (Wildman–Crippen LogP) is 1.74. The summed E-state index contributed by atoms with van der Waals surface area (Å²) in [5.74, 6) is 0.740. The number of carbonyl (C=O) groups is 3. The summed E-state index contributed by atoms with van der Waals surface area (Å²) < 4.78 is 5.33. The van der Waals surface area contributed by atoms with Gasteiger partial charge in [-0.15, -0.1) is 0 Å². The lowest BCUT2D eigenvalue weighted by Crippen LogP contribution is -2.37. The summed E-state index contributed by atoms with van der Waals surface area (Å²) in [6.07, 6.45) is 1.30. The molecule has 0 aromatic heterocycles. The van der Waals surface area contributed by atoms with Crippen molar-refractivity contribution < 1.29 is 19.1 Å². The molecule has 1 aromatic carbocycles. The van der Waals surface area contributed by atoms with Crippen LogP contribution in [-0.4, -0.2) is 60.3 Å². The Kier molecular flexibility index (Phi) is 5.44. The minimum atomic E-state index is -0.226. The van der Waals surface area contributed by atoms with Crippen molar-refractivity contribution in [2.75, 3.05) is 38.1 Å². The number of hydrogen-bond donors (Lipinski definition) is 1. The van der Waals surface area contributed by atoms with Crippen molar-refractivity contribution in [1.29, 1.82) is 0 Å². The Balaban J connectivity index is 1.66. The lowest BCUT2D eigenvalue weighted by Gasteiger charge is -2.24. The number of carbonyl (C=O) groups excluding carboxylic acids is 3. The molecule has 1 fully saturated rings. The number of nitrogens with one attached hydrogen (secondary N) is 1. The molecule has 0 saturated carbocycles. The molecular formula is C19H25N3O4. The lowest BCUT2D eigenvalue weighted by atomic mass is 10.1. The lowest BCUT2D eigenvalue weighted by molar-refractivity contribution is -0.131. The van der Waals surface area contributed by atoms with Crippen LogP contribution in [-0.2, 0) is 9.59 Å². The molecule has 0 unspecified atom stereocenters. The zero-order valence-electron chi connectivity index (χ0n) is 15.3. The number of anilines is 1. The fourth-order valence-electron chi connectivity index (χ4n) is 3.25. The molecule has 2 heterocycles. The third kappa shape index (κ3) is 4.15. The minimum Gasteiger partial charge on any atom is -0.482 e. The molecule has 7 nitrogen and oxygen atoms in total. The van der Waals surface area contributed by atoms with E-state index in [-0.39, 0.29) is 24.3 Å². The number of ether oxygens (including phenoxy) is 1. The molecule has 3 rings (SSSR count). The third-order valence-electron chi connectivity index (χ3n) is 4.58. The van der Waals surface area contributed by atoms with E-state index in [0.29, 0.717) is 55.5 Å². The van der Waals surface area contributed by atoms with Gasteiger partial charge in [0.25, 0.3) is 11.8 Å². The quantitative estimate of drug-likeness (QED) is 0.892. The van der Waals surface area contributed by atoms with E-state index in [0.717, 1.165) is 6.42 Å². The molecule has 0 aliphatic carbocycles. The van der Waals surface area contributed by atoms with Gasteiger partial charge in [-0.25, -0.2) is 0 Å². The average Bonchev–Trinajstić information content (AvgIpc) is 2.86. The Morgan fingerprint density at radius 3 is 2.65 bits per heavy atom. The second-order valence-electron chi connectivity index (χ2n) is 7.17. The van der Waals surface area contributed by atoms with Crippen molar-refractivity contribution >= 4 is 23.4 Å². The van der Waals surface area contributed by atoms with Gasteiger partial charge in [0.15, 0.2) is 6.61 Å². The summed E-state index contributed by atoms with van der Waals surface area (Å²) in [6, 6.07) is 5.07. The van der Waals surface area contributed by atoms with Crippen LogP contribution in [0, 0.1) is 5.92 Å². The van der Waals surface area contributed by atoms with Crippen LogP contribution in [0.25, 0.3) is 0 Å².